The third-order valence-corrected chi connectivity index (χ3v) is 5.55. The van der Waals surface area contributed by atoms with Crippen molar-refractivity contribution in [1.29, 1.82) is 0 Å². The Morgan fingerprint density at radius 3 is 2.90 bits per heavy atom. The predicted octanol–water partition coefficient (Wildman–Crippen LogP) is 4.36. The molecule has 21 heavy (non-hydrogen) atoms. The number of rotatable bonds is 5. The first-order valence-electron chi connectivity index (χ1n) is 8.74. The van der Waals surface area contributed by atoms with Gasteiger partial charge in [-0.05, 0) is 68.0 Å². The van der Waals surface area contributed by atoms with Crippen LogP contribution in [0.1, 0.15) is 57.4 Å². The van der Waals surface area contributed by atoms with Crippen molar-refractivity contribution in [1.82, 2.24) is 5.32 Å². The summed E-state index contributed by atoms with van der Waals surface area (Å²) in [6.07, 6.45) is 6.51. The number of ether oxygens (including phenoxy) is 1. The zero-order valence-electron chi connectivity index (χ0n) is 13.5. The van der Waals surface area contributed by atoms with E-state index < -0.39 is 0 Å². The van der Waals surface area contributed by atoms with Crippen LogP contribution in [0.4, 0.5) is 0 Å². The number of para-hydroxylation sites is 1. The average Bonchev–Trinajstić information content (AvgIpc) is 2.86. The summed E-state index contributed by atoms with van der Waals surface area (Å²) >= 11 is 0. The molecule has 1 aromatic carbocycles. The SMILES string of the molecule is CCCNC1CCC(CC2CCOc3ccccc32)C1C. The second kappa shape index (κ2) is 6.83. The van der Waals surface area contributed by atoms with Crippen molar-refractivity contribution < 1.29 is 4.74 Å². The van der Waals surface area contributed by atoms with Gasteiger partial charge in [-0.3, -0.25) is 0 Å². The molecule has 0 spiro atoms. The van der Waals surface area contributed by atoms with E-state index in [-0.39, 0.29) is 0 Å². The molecular weight excluding hydrogens is 258 g/mol. The number of hydrogen-bond donors (Lipinski definition) is 1. The van der Waals surface area contributed by atoms with Gasteiger partial charge < -0.3 is 10.1 Å². The third kappa shape index (κ3) is 3.26. The Labute approximate surface area is 129 Å². The van der Waals surface area contributed by atoms with Crippen molar-refractivity contribution in [3.8, 4) is 5.75 Å². The Hall–Kier alpha value is -1.02. The number of fused-ring (bicyclic) bond motifs is 1. The number of hydrogen-bond acceptors (Lipinski definition) is 2. The van der Waals surface area contributed by atoms with E-state index in [0.29, 0.717) is 5.92 Å². The quantitative estimate of drug-likeness (QED) is 0.869. The van der Waals surface area contributed by atoms with Gasteiger partial charge in [0.2, 0.25) is 0 Å². The molecular formula is C19H29NO. The summed E-state index contributed by atoms with van der Waals surface area (Å²) in [6, 6.07) is 9.38. The Morgan fingerprint density at radius 1 is 1.19 bits per heavy atom. The summed E-state index contributed by atoms with van der Waals surface area (Å²) in [5.41, 5.74) is 1.45. The highest BCUT2D eigenvalue weighted by Gasteiger charge is 2.35. The van der Waals surface area contributed by atoms with Crippen LogP contribution < -0.4 is 10.1 Å². The molecule has 2 heteroatoms. The highest BCUT2D eigenvalue weighted by molar-refractivity contribution is 5.37. The van der Waals surface area contributed by atoms with Gasteiger partial charge in [-0.1, -0.05) is 32.0 Å². The van der Waals surface area contributed by atoms with E-state index in [2.05, 4.69) is 43.4 Å². The Balaban J connectivity index is 1.63. The van der Waals surface area contributed by atoms with Crippen LogP contribution in [0.3, 0.4) is 0 Å². The number of benzene rings is 1. The first-order valence-corrected chi connectivity index (χ1v) is 8.74. The van der Waals surface area contributed by atoms with Gasteiger partial charge in [-0.2, -0.15) is 0 Å². The second-order valence-electron chi connectivity index (χ2n) is 6.86. The molecule has 2 nitrogen and oxygen atoms in total. The van der Waals surface area contributed by atoms with E-state index in [9.17, 15) is 0 Å². The topological polar surface area (TPSA) is 21.3 Å². The molecule has 1 N–H and O–H groups in total. The van der Waals surface area contributed by atoms with E-state index in [1.165, 1.54) is 44.2 Å². The minimum Gasteiger partial charge on any atom is -0.493 e. The summed E-state index contributed by atoms with van der Waals surface area (Å²) in [4.78, 5) is 0. The van der Waals surface area contributed by atoms with Crippen LogP contribution in [-0.4, -0.2) is 19.2 Å². The van der Waals surface area contributed by atoms with Crippen molar-refractivity contribution in [3.05, 3.63) is 29.8 Å². The lowest BCUT2D eigenvalue weighted by Gasteiger charge is -2.30. The predicted molar refractivity (Wildman–Crippen MR) is 87.9 cm³/mol. The second-order valence-corrected chi connectivity index (χ2v) is 6.86. The molecule has 4 atom stereocenters. The maximum Gasteiger partial charge on any atom is 0.122 e. The Morgan fingerprint density at radius 2 is 2.05 bits per heavy atom. The first kappa shape index (κ1) is 14.9. The summed E-state index contributed by atoms with van der Waals surface area (Å²) in [7, 11) is 0. The zero-order chi connectivity index (χ0) is 14.7. The standard InChI is InChI=1S/C19H29NO/c1-3-11-20-18-9-8-15(14(18)2)13-16-10-12-21-19-7-5-4-6-17(16)19/h4-7,14-16,18,20H,3,8-13H2,1-2H3. The molecule has 1 heterocycles. The molecule has 0 radical (unpaired) electrons. The molecule has 116 valence electrons. The third-order valence-electron chi connectivity index (χ3n) is 5.55. The molecule has 0 amide bonds. The molecule has 4 unspecified atom stereocenters. The highest BCUT2D eigenvalue weighted by Crippen LogP contribution is 2.43. The largest absolute Gasteiger partial charge is 0.493 e. The minimum atomic E-state index is 0.701. The molecule has 3 rings (SSSR count). The zero-order valence-corrected chi connectivity index (χ0v) is 13.5. The normalized spacial score (nSPS) is 31.7. The Kier molecular flexibility index (Phi) is 4.84. The lowest BCUT2D eigenvalue weighted by molar-refractivity contribution is 0.238. The average molecular weight is 287 g/mol. The maximum atomic E-state index is 5.81. The fraction of sp³-hybridized carbons (Fsp3) is 0.684. The molecule has 1 fully saturated rings. The fourth-order valence-electron chi connectivity index (χ4n) is 4.22. The van der Waals surface area contributed by atoms with Gasteiger partial charge in [0.05, 0.1) is 6.61 Å². The van der Waals surface area contributed by atoms with Crippen LogP contribution in [0.25, 0.3) is 0 Å². The van der Waals surface area contributed by atoms with Gasteiger partial charge in [-0.25, -0.2) is 0 Å². The van der Waals surface area contributed by atoms with E-state index in [1.807, 2.05) is 0 Å². The number of nitrogens with one attached hydrogen (secondary N) is 1. The molecule has 1 aliphatic heterocycles. The molecule has 0 bridgehead atoms. The first-order chi connectivity index (χ1) is 10.3. The fourth-order valence-corrected chi connectivity index (χ4v) is 4.22. The Bertz CT molecular complexity index is 459. The van der Waals surface area contributed by atoms with Crippen molar-refractivity contribution in [2.45, 2.75) is 57.9 Å². The minimum absolute atomic E-state index is 0.701. The summed E-state index contributed by atoms with van der Waals surface area (Å²) in [5.74, 6) is 3.51. The van der Waals surface area contributed by atoms with Crippen LogP contribution in [0.5, 0.6) is 5.75 Å². The van der Waals surface area contributed by atoms with E-state index in [1.54, 1.807) is 0 Å². The van der Waals surface area contributed by atoms with Gasteiger partial charge in [0.25, 0.3) is 0 Å². The van der Waals surface area contributed by atoms with Gasteiger partial charge in [-0.15, -0.1) is 0 Å². The van der Waals surface area contributed by atoms with Gasteiger partial charge in [0, 0.05) is 6.04 Å². The summed E-state index contributed by atoms with van der Waals surface area (Å²) < 4.78 is 5.81. The van der Waals surface area contributed by atoms with E-state index in [4.69, 9.17) is 4.74 Å². The van der Waals surface area contributed by atoms with E-state index in [0.717, 1.165) is 30.2 Å². The van der Waals surface area contributed by atoms with Crippen molar-refractivity contribution in [3.63, 3.8) is 0 Å². The maximum absolute atomic E-state index is 5.81. The molecule has 0 aromatic heterocycles. The van der Waals surface area contributed by atoms with Crippen LogP contribution in [0.2, 0.25) is 0 Å². The molecule has 1 aliphatic carbocycles. The summed E-state index contributed by atoms with van der Waals surface area (Å²) in [5, 5.41) is 3.74. The smallest absolute Gasteiger partial charge is 0.122 e. The molecule has 2 aliphatic rings. The van der Waals surface area contributed by atoms with Crippen LogP contribution in [0, 0.1) is 11.8 Å². The van der Waals surface area contributed by atoms with Crippen LogP contribution in [0.15, 0.2) is 24.3 Å². The molecule has 1 aromatic rings. The lowest BCUT2D eigenvalue weighted by atomic mass is 9.81. The van der Waals surface area contributed by atoms with E-state index >= 15 is 0 Å². The van der Waals surface area contributed by atoms with Crippen LogP contribution >= 0.6 is 0 Å². The van der Waals surface area contributed by atoms with Crippen molar-refractivity contribution in [2.24, 2.45) is 11.8 Å². The van der Waals surface area contributed by atoms with Gasteiger partial charge in [0.15, 0.2) is 0 Å². The lowest BCUT2D eigenvalue weighted by Crippen LogP contribution is -2.33. The van der Waals surface area contributed by atoms with Crippen molar-refractivity contribution >= 4 is 0 Å². The van der Waals surface area contributed by atoms with Gasteiger partial charge >= 0.3 is 0 Å². The van der Waals surface area contributed by atoms with Crippen LogP contribution in [-0.2, 0) is 0 Å². The summed E-state index contributed by atoms with van der Waals surface area (Å²) in [6.45, 7) is 6.77. The molecule has 1 saturated carbocycles. The van der Waals surface area contributed by atoms with Crippen molar-refractivity contribution in [2.75, 3.05) is 13.2 Å². The molecule has 0 saturated heterocycles. The van der Waals surface area contributed by atoms with Gasteiger partial charge in [0.1, 0.15) is 5.75 Å². The highest BCUT2D eigenvalue weighted by atomic mass is 16.5. The monoisotopic (exact) mass is 287 g/mol.